The highest BCUT2D eigenvalue weighted by Gasteiger charge is 2.39. The van der Waals surface area contributed by atoms with Crippen LogP contribution < -0.4 is 26.6 Å². The Morgan fingerprint density at radius 3 is 1.95 bits per heavy atom. The number of ether oxygens (including phenoxy) is 1. The second-order valence-electron chi connectivity index (χ2n) is 17.6. The number of alkyl carbamates (subject to hydrolysis) is 1. The number of nitrogens with one attached hydrogen (secondary N) is 5. The number of carboxylic acids is 1. The third kappa shape index (κ3) is 19.5. The summed E-state index contributed by atoms with van der Waals surface area (Å²) >= 11 is 0. The molecule has 1 aliphatic carbocycles. The molecule has 0 bridgehead atoms. The summed E-state index contributed by atoms with van der Waals surface area (Å²) in [5, 5.41) is 42.8. The van der Waals surface area contributed by atoms with Crippen molar-refractivity contribution in [2.75, 3.05) is 20.1 Å². The molecule has 2 rings (SSSR count). The number of carbonyl (C=O) groups is 7. The summed E-state index contributed by atoms with van der Waals surface area (Å²) in [5.41, 5.74) is 0.695. The maximum absolute atomic E-state index is 14.4. The van der Waals surface area contributed by atoms with Gasteiger partial charge in [0.25, 0.3) is 0 Å². The molecule has 0 aromatic heterocycles. The number of likely N-dealkylation sites (N-methyl/N-ethyl adjacent to an activating group) is 1. The molecule has 350 valence electrons. The van der Waals surface area contributed by atoms with E-state index in [1.807, 2.05) is 13.8 Å². The fourth-order valence-electron chi connectivity index (χ4n) is 7.51. The van der Waals surface area contributed by atoms with E-state index in [0.29, 0.717) is 30.7 Å². The summed E-state index contributed by atoms with van der Waals surface area (Å²) in [6.45, 7) is 9.63. The zero-order valence-corrected chi connectivity index (χ0v) is 37.8. The van der Waals surface area contributed by atoms with Gasteiger partial charge in [0.05, 0.1) is 24.7 Å². The minimum Gasteiger partial charge on any atom is -0.480 e. The van der Waals surface area contributed by atoms with E-state index >= 15 is 0 Å². The molecular weight excluding hydrogens is 801 g/mol. The number of aliphatic carboxylic acids is 1. The lowest BCUT2D eigenvalue weighted by molar-refractivity contribution is -0.146. The van der Waals surface area contributed by atoms with Crippen LogP contribution in [0.3, 0.4) is 0 Å². The molecule has 0 spiro atoms. The number of rotatable bonds is 27. The largest absolute Gasteiger partial charge is 0.480 e. The summed E-state index contributed by atoms with van der Waals surface area (Å²) in [4.78, 5) is 94.3. The van der Waals surface area contributed by atoms with Crippen molar-refractivity contribution >= 4 is 41.6 Å². The Hall–Kier alpha value is -4.77. The van der Waals surface area contributed by atoms with Crippen molar-refractivity contribution in [2.45, 2.75) is 162 Å². The lowest BCUT2D eigenvalue weighted by atomic mass is 9.83. The summed E-state index contributed by atoms with van der Waals surface area (Å²) < 4.78 is 5.28. The van der Waals surface area contributed by atoms with Gasteiger partial charge in [-0.05, 0) is 55.9 Å². The number of hydrogen-bond donors (Lipinski definition) is 8. The Labute approximate surface area is 367 Å². The van der Waals surface area contributed by atoms with Crippen LogP contribution in [0.5, 0.6) is 0 Å². The summed E-state index contributed by atoms with van der Waals surface area (Å²) in [6.07, 6.45) is 6.08. The fourth-order valence-corrected chi connectivity index (χ4v) is 7.51. The number of nitrogens with zero attached hydrogens (tertiary/aromatic N) is 1. The van der Waals surface area contributed by atoms with E-state index in [4.69, 9.17) is 9.84 Å². The maximum atomic E-state index is 14.4. The first kappa shape index (κ1) is 53.4. The van der Waals surface area contributed by atoms with Gasteiger partial charge < -0.3 is 51.5 Å². The molecule has 1 saturated carbocycles. The molecule has 0 unspecified atom stereocenters. The summed E-state index contributed by atoms with van der Waals surface area (Å²) in [7, 11) is 1.52. The van der Waals surface area contributed by atoms with E-state index in [1.165, 1.54) is 18.9 Å². The van der Waals surface area contributed by atoms with Gasteiger partial charge in [-0.15, -0.1) is 0 Å². The molecule has 1 fully saturated rings. The average Bonchev–Trinajstić information content (AvgIpc) is 3.23. The minimum atomic E-state index is -1.64. The number of hydrogen-bond acceptors (Lipinski definition) is 10. The second kappa shape index (κ2) is 28.0. The molecular formula is C45H74N6O11. The molecule has 8 N–H and O–H groups in total. The van der Waals surface area contributed by atoms with E-state index in [0.717, 1.165) is 51.4 Å². The van der Waals surface area contributed by atoms with Crippen molar-refractivity contribution in [3.63, 3.8) is 0 Å². The first-order chi connectivity index (χ1) is 29.3. The number of aliphatic hydroxyl groups excluding tert-OH is 2. The fraction of sp³-hybridized carbons (Fsp3) is 0.711. The predicted molar refractivity (Wildman–Crippen MR) is 233 cm³/mol. The molecule has 62 heavy (non-hydrogen) atoms. The normalized spacial score (nSPS) is 16.4. The highest BCUT2D eigenvalue weighted by atomic mass is 16.5. The van der Waals surface area contributed by atoms with Crippen molar-refractivity contribution in [1.29, 1.82) is 0 Å². The Balaban J connectivity index is 2.33. The summed E-state index contributed by atoms with van der Waals surface area (Å²) in [5.74, 6) is -5.64. The van der Waals surface area contributed by atoms with E-state index in [1.54, 1.807) is 37.3 Å². The molecule has 0 radical (unpaired) electrons. The van der Waals surface area contributed by atoms with Crippen molar-refractivity contribution in [1.82, 2.24) is 31.5 Å². The lowest BCUT2D eigenvalue weighted by Crippen LogP contribution is -2.63. The smallest absolute Gasteiger partial charge is 0.407 e. The topological polar surface area (TPSA) is 253 Å². The highest BCUT2D eigenvalue weighted by molar-refractivity contribution is 5.96. The van der Waals surface area contributed by atoms with Gasteiger partial charge in [-0.3, -0.25) is 28.8 Å². The van der Waals surface area contributed by atoms with Crippen LogP contribution in [-0.4, -0.2) is 118 Å². The van der Waals surface area contributed by atoms with E-state index in [-0.39, 0.29) is 24.9 Å². The zero-order valence-electron chi connectivity index (χ0n) is 37.8. The molecule has 0 saturated heterocycles. The highest BCUT2D eigenvalue weighted by Crippen LogP contribution is 2.28. The van der Waals surface area contributed by atoms with Crippen LogP contribution >= 0.6 is 0 Å². The number of amides is 6. The number of benzene rings is 1. The number of unbranched alkanes of at least 4 members (excludes halogenated alkanes) is 3. The monoisotopic (exact) mass is 875 g/mol. The molecule has 17 heteroatoms. The summed E-state index contributed by atoms with van der Waals surface area (Å²) in [6, 6.07) is 3.44. The molecule has 0 aliphatic heterocycles. The number of carboxylic acid groups (broad SMARTS) is 1. The van der Waals surface area contributed by atoms with Crippen LogP contribution in [-0.2, 0) is 40.1 Å². The standard InChI is InChI=1S/C45H74N6O11/c1-28(2)18-12-8-9-17-23-36(53)30(5)44(60)51(7)35(24-29(3)4)41(57)50-39(33-21-15-11-16-22-33)43(59)48-34(25-47-45(61)62-27-32-19-13-10-14-20-32)40(56)49-38(31(6)52)42(58)46-26-37(54)55/h10,13-14,19-20,28-31,33-36,38-39,52-53H,8-9,11-12,15-18,21-27H2,1-7H3,(H,46,58)(H,47,61)(H,48,59)(H,49,56)(H,50,57)(H,54,55)/t30-,31+,34+,35+,36-,38+,39+/m1/s1. The van der Waals surface area contributed by atoms with Crippen LogP contribution in [0.1, 0.15) is 124 Å². The van der Waals surface area contributed by atoms with E-state index in [2.05, 4.69) is 40.4 Å². The Morgan fingerprint density at radius 1 is 0.742 bits per heavy atom. The van der Waals surface area contributed by atoms with Crippen LogP contribution in [0.25, 0.3) is 0 Å². The van der Waals surface area contributed by atoms with Crippen LogP contribution in [0, 0.1) is 23.7 Å². The van der Waals surface area contributed by atoms with Crippen LogP contribution in [0.2, 0.25) is 0 Å². The van der Waals surface area contributed by atoms with Crippen molar-refractivity contribution < 1.29 is 53.6 Å². The Morgan fingerprint density at radius 2 is 1.37 bits per heavy atom. The van der Waals surface area contributed by atoms with Gasteiger partial charge >= 0.3 is 12.1 Å². The predicted octanol–water partition coefficient (Wildman–Crippen LogP) is 3.40. The van der Waals surface area contributed by atoms with Gasteiger partial charge in [-0.1, -0.05) is 116 Å². The Bertz CT molecular complexity index is 1570. The maximum Gasteiger partial charge on any atom is 0.407 e. The minimum absolute atomic E-state index is 0.0376. The molecule has 0 heterocycles. The van der Waals surface area contributed by atoms with Crippen LogP contribution in [0.4, 0.5) is 4.79 Å². The number of carbonyl (C=O) groups excluding carboxylic acids is 6. The quantitative estimate of drug-likeness (QED) is 0.0595. The van der Waals surface area contributed by atoms with Crippen molar-refractivity contribution in [2.24, 2.45) is 23.7 Å². The average molecular weight is 875 g/mol. The van der Waals surface area contributed by atoms with Gasteiger partial charge in [0, 0.05) is 7.05 Å². The third-order valence-corrected chi connectivity index (χ3v) is 11.3. The van der Waals surface area contributed by atoms with Gasteiger partial charge in [-0.2, -0.15) is 0 Å². The van der Waals surface area contributed by atoms with Gasteiger partial charge in [0.15, 0.2) is 0 Å². The third-order valence-electron chi connectivity index (χ3n) is 11.3. The van der Waals surface area contributed by atoms with Gasteiger partial charge in [0.2, 0.25) is 29.5 Å². The van der Waals surface area contributed by atoms with Crippen molar-refractivity contribution in [3.8, 4) is 0 Å². The molecule has 1 aromatic carbocycles. The van der Waals surface area contributed by atoms with Crippen LogP contribution in [0.15, 0.2) is 30.3 Å². The molecule has 17 nitrogen and oxygen atoms in total. The molecule has 7 atom stereocenters. The van der Waals surface area contributed by atoms with Gasteiger partial charge in [0.1, 0.15) is 37.3 Å². The lowest BCUT2D eigenvalue weighted by Gasteiger charge is -2.35. The molecule has 6 amide bonds. The zero-order chi connectivity index (χ0) is 46.4. The molecule has 1 aromatic rings. The Kier molecular flexibility index (Phi) is 24.1. The van der Waals surface area contributed by atoms with Gasteiger partial charge in [-0.25, -0.2) is 4.79 Å². The first-order valence-corrected chi connectivity index (χ1v) is 22.3. The van der Waals surface area contributed by atoms with E-state index in [9.17, 15) is 43.8 Å². The first-order valence-electron chi connectivity index (χ1n) is 22.3. The second-order valence-corrected chi connectivity index (χ2v) is 17.6. The van der Waals surface area contributed by atoms with E-state index < -0.39 is 97.0 Å². The number of aliphatic hydroxyl groups is 2. The SMILES string of the molecule is CC(C)CCCCCC[C@@H](O)[C@@H](C)C(=O)N(C)[C@@H](CC(C)C)C(=O)N[C@H](C(=O)N[C@@H](CNC(=O)OCc1ccccc1)C(=O)N[C@H](C(=O)NCC(=O)O)[C@H](C)O)C1CCCCC1. The molecule has 1 aliphatic rings. The van der Waals surface area contributed by atoms with Crippen molar-refractivity contribution in [3.05, 3.63) is 35.9 Å².